The lowest BCUT2D eigenvalue weighted by molar-refractivity contribution is 1.23. The number of thiol groups is 1. The van der Waals surface area contributed by atoms with Crippen LogP contribution in [-0.4, -0.2) is 4.98 Å². The SMILES string of the molecule is N#Cc1cc(S)cnc1N. The fourth-order valence-corrected chi connectivity index (χ4v) is 0.741. The highest BCUT2D eigenvalue weighted by molar-refractivity contribution is 7.80. The van der Waals surface area contributed by atoms with Crippen LogP contribution in [-0.2, 0) is 0 Å². The lowest BCUT2D eigenvalue weighted by atomic mass is 10.3. The lowest BCUT2D eigenvalue weighted by Gasteiger charge is -1.94. The standard InChI is InChI=1S/C6H5N3S/c7-2-4-1-5(10)3-9-6(4)8/h1,3,10H,(H2,8,9). The van der Waals surface area contributed by atoms with Crippen molar-refractivity contribution < 1.29 is 0 Å². The predicted molar refractivity (Wildman–Crippen MR) is 40.6 cm³/mol. The quantitative estimate of drug-likeness (QED) is 0.540. The molecule has 0 saturated heterocycles. The Balaban J connectivity index is 3.25. The minimum Gasteiger partial charge on any atom is -0.383 e. The van der Waals surface area contributed by atoms with E-state index in [-0.39, 0.29) is 5.82 Å². The van der Waals surface area contributed by atoms with Gasteiger partial charge in [0, 0.05) is 11.1 Å². The fraction of sp³-hybridized carbons (Fsp3) is 0. The Bertz CT molecular complexity index is 290. The topological polar surface area (TPSA) is 62.7 Å². The smallest absolute Gasteiger partial charge is 0.141 e. The molecule has 0 aliphatic carbocycles. The Labute approximate surface area is 63.9 Å². The predicted octanol–water partition coefficient (Wildman–Crippen LogP) is 0.824. The van der Waals surface area contributed by atoms with Crippen molar-refractivity contribution in [3.05, 3.63) is 17.8 Å². The van der Waals surface area contributed by atoms with Gasteiger partial charge in [-0.1, -0.05) is 0 Å². The van der Waals surface area contributed by atoms with E-state index in [9.17, 15) is 0 Å². The van der Waals surface area contributed by atoms with Crippen molar-refractivity contribution in [3.63, 3.8) is 0 Å². The lowest BCUT2D eigenvalue weighted by Crippen LogP contribution is -1.93. The van der Waals surface area contributed by atoms with E-state index in [1.165, 1.54) is 6.20 Å². The van der Waals surface area contributed by atoms with Gasteiger partial charge >= 0.3 is 0 Å². The molecular formula is C6H5N3S. The minimum absolute atomic E-state index is 0.250. The third kappa shape index (κ3) is 1.20. The van der Waals surface area contributed by atoms with E-state index in [4.69, 9.17) is 11.0 Å². The van der Waals surface area contributed by atoms with Crippen molar-refractivity contribution in [2.24, 2.45) is 0 Å². The van der Waals surface area contributed by atoms with E-state index in [0.717, 1.165) is 0 Å². The number of nitriles is 1. The number of nitrogens with two attached hydrogens (primary N) is 1. The molecule has 0 atom stereocenters. The zero-order chi connectivity index (χ0) is 7.56. The van der Waals surface area contributed by atoms with Crippen LogP contribution in [0.4, 0.5) is 5.82 Å². The average molecular weight is 151 g/mol. The average Bonchev–Trinajstić information content (AvgIpc) is 1.94. The molecule has 0 bridgehead atoms. The summed E-state index contributed by atoms with van der Waals surface area (Å²) in [7, 11) is 0. The number of nitrogen functional groups attached to an aromatic ring is 1. The molecule has 10 heavy (non-hydrogen) atoms. The molecule has 0 aliphatic rings. The molecule has 0 saturated carbocycles. The van der Waals surface area contributed by atoms with Gasteiger partial charge in [-0.05, 0) is 6.07 Å². The van der Waals surface area contributed by atoms with Crippen LogP contribution in [0.3, 0.4) is 0 Å². The monoisotopic (exact) mass is 151 g/mol. The maximum Gasteiger partial charge on any atom is 0.141 e. The number of hydrogen-bond acceptors (Lipinski definition) is 4. The van der Waals surface area contributed by atoms with Crippen LogP contribution in [0.15, 0.2) is 17.2 Å². The van der Waals surface area contributed by atoms with Gasteiger partial charge in [0.25, 0.3) is 0 Å². The highest BCUT2D eigenvalue weighted by atomic mass is 32.1. The maximum absolute atomic E-state index is 8.44. The summed E-state index contributed by atoms with van der Waals surface area (Å²) in [4.78, 5) is 4.37. The molecule has 0 fully saturated rings. The Hall–Kier alpha value is -1.21. The van der Waals surface area contributed by atoms with Gasteiger partial charge in [-0.2, -0.15) is 5.26 Å². The summed E-state index contributed by atoms with van der Waals surface area (Å²) < 4.78 is 0. The highest BCUT2D eigenvalue weighted by Gasteiger charge is 1.97. The van der Waals surface area contributed by atoms with Gasteiger partial charge < -0.3 is 5.73 Å². The van der Waals surface area contributed by atoms with Gasteiger partial charge in [-0.25, -0.2) is 4.98 Å². The minimum atomic E-state index is 0.250. The molecule has 1 rings (SSSR count). The first kappa shape index (κ1) is 6.90. The molecule has 50 valence electrons. The van der Waals surface area contributed by atoms with Crippen LogP contribution in [0, 0.1) is 11.3 Å². The van der Waals surface area contributed by atoms with Crippen molar-refractivity contribution in [1.29, 1.82) is 5.26 Å². The summed E-state index contributed by atoms with van der Waals surface area (Å²) >= 11 is 3.99. The van der Waals surface area contributed by atoms with Crippen LogP contribution in [0.1, 0.15) is 5.56 Å². The molecule has 1 aromatic heterocycles. The molecule has 0 aliphatic heterocycles. The second-order valence-corrected chi connectivity index (χ2v) is 2.25. The van der Waals surface area contributed by atoms with Crippen LogP contribution in [0.2, 0.25) is 0 Å². The summed E-state index contributed by atoms with van der Waals surface area (Å²) in [6.07, 6.45) is 1.50. The van der Waals surface area contributed by atoms with Gasteiger partial charge in [-0.15, -0.1) is 12.6 Å². The zero-order valence-electron chi connectivity index (χ0n) is 5.07. The largest absolute Gasteiger partial charge is 0.383 e. The van der Waals surface area contributed by atoms with Crippen LogP contribution < -0.4 is 5.73 Å². The maximum atomic E-state index is 8.44. The van der Waals surface area contributed by atoms with Crippen LogP contribution in [0.25, 0.3) is 0 Å². The molecule has 0 unspecified atom stereocenters. The van der Waals surface area contributed by atoms with Gasteiger partial charge in [0.2, 0.25) is 0 Å². The summed E-state index contributed by atoms with van der Waals surface area (Å²) in [6, 6.07) is 3.47. The summed E-state index contributed by atoms with van der Waals surface area (Å²) in [5.74, 6) is 0.250. The van der Waals surface area contributed by atoms with E-state index in [1.807, 2.05) is 6.07 Å². The van der Waals surface area contributed by atoms with Crippen molar-refractivity contribution >= 4 is 18.4 Å². The Morgan fingerprint density at radius 3 is 2.90 bits per heavy atom. The molecule has 0 aromatic carbocycles. The summed E-state index contributed by atoms with van der Waals surface area (Å²) in [5, 5.41) is 8.44. The van der Waals surface area contributed by atoms with Crippen LogP contribution in [0.5, 0.6) is 0 Å². The van der Waals surface area contributed by atoms with Gasteiger partial charge in [0.15, 0.2) is 0 Å². The first-order valence-electron chi connectivity index (χ1n) is 2.58. The van der Waals surface area contributed by atoms with Gasteiger partial charge in [0.1, 0.15) is 11.9 Å². The van der Waals surface area contributed by atoms with Crippen molar-refractivity contribution in [1.82, 2.24) is 4.98 Å². The van der Waals surface area contributed by atoms with E-state index in [1.54, 1.807) is 6.07 Å². The first-order valence-corrected chi connectivity index (χ1v) is 3.03. The van der Waals surface area contributed by atoms with E-state index in [2.05, 4.69) is 17.6 Å². The van der Waals surface area contributed by atoms with Gasteiger partial charge in [0.05, 0.1) is 5.56 Å². The van der Waals surface area contributed by atoms with Crippen molar-refractivity contribution in [2.45, 2.75) is 4.90 Å². The summed E-state index contributed by atoms with van der Waals surface area (Å²) in [5.41, 5.74) is 5.70. The molecule has 0 spiro atoms. The number of nitrogens with zero attached hydrogens (tertiary/aromatic N) is 2. The number of aromatic nitrogens is 1. The number of pyridine rings is 1. The number of rotatable bonds is 0. The first-order chi connectivity index (χ1) is 4.74. The molecule has 1 aromatic rings. The summed E-state index contributed by atoms with van der Waals surface area (Å²) in [6.45, 7) is 0. The molecule has 3 nitrogen and oxygen atoms in total. The van der Waals surface area contributed by atoms with E-state index >= 15 is 0 Å². The van der Waals surface area contributed by atoms with Crippen LogP contribution >= 0.6 is 12.6 Å². The third-order valence-electron chi connectivity index (χ3n) is 1.02. The molecule has 0 radical (unpaired) electrons. The van der Waals surface area contributed by atoms with Crippen molar-refractivity contribution in [3.8, 4) is 6.07 Å². The Morgan fingerprint density at radius 1 is 1.70 bits per heavy atom. The second-order valence-electron chi connectivity index (χ2n) is 1.74. The Kier molecular flexibility index (Phi) is 1.78. The highest BCUT2D eigenvalue weighted by Crippen LogP contribution is 2.11. The van der Waals surface area contributed by atoms with E-state index in [0.29, 0.717) is 10.5 Å². The van der Waals surface area contributed by atoms with E-state index < -0.39 is 0 Å². The molecule has 1 heterocycles. The second kappa shape index (κ2) is 2.58. The molecule has 0 amide bonds. The fourth-order valence-electron chi connectivity index (χ4n) is 0.554. The third-order valence-corrected chi connectivity index (χ3v) is 1.27. The molecule has 2 N–H and O–H groups in total. The number of anilines is 1. The number of hydrogen-bond donors (Lipinski definition) is 2. The van der Waals surface area contributed by atoms with Crippen molar-refractivity contribution in [2.75, 3.05) is 5.73 Å². The van der Waals surface area contributed by atoms with Gasteiger partial charge in [-0.3, -0.25) is 0 Å². The normalized spacial score (nSPS) is 8.80. The Morgan fingerprint density at radius 2 is 2.40 bits per heavy atom. The molecule has 4 heteroatoms. The zero-order valence-corrected chi connectivity index (χ0v) is 5.97. The molecular weight excluding hydrogens is 146 g/mol.